The molecule has 1 aromatic carbocycles. The summed E-state index contributed by atoms with van der Waals surface area (Å²) in [5.41, 5.74) is 1.16. The Bertz CT molecular complexity index is 604. The first-order chi connectivity index (χ1) is 9.47. The molecule has 1 aliphatic heterocycles. The van der Waals surface area contributed by atoms with Crippen molar-refractivity contribution in [1.29, 1.82) is 5.26 Å². The van der Waals surface area contributed by atoms with E-state index in [4.69, 9.17) is 5.26 Å². The minimum Gasteiger partial charge on any atom is -0.395 e. The van der Waals surface area contributed by atoms with E-state index in [1.54, 1.807) is 24.3 Å². The summed E-state index contributed by atoms with van der Waals surface area (Å²) in [6, 6.07) is 8.22. The monoisotopic (exact) mass is 294 g/mol. The summed E-state index contributed by atoms with van der Waals surface area (Å²) in [6.45, 7) is 2.27. The molecule has 20 heavy (non-hydrogen) atoms. The molecule has 6 heteroatoms. The molecule has 0 aliphatic carbocycles. The van der Waals surface area contributed by atoms with Crippen molar-refractivity contribution in [1.82, 2.24) is 4.31 Å². The van der Waals surface area contributed by atoms with Crippen LogP contribution in [0.4, 0.5) is 0 Å². The summed E-state index contributed by atoms with van der Waals surface area (Å²) in [7, 11) is -3.44. The van der Waals surface area contributed by atoms with Gasteiger partial charge in [0.1, 0.15) is 0 Å². The zero-order chi connectivity index (χ0) is 14.8. The minimum absolute atomic E-state index is 0.0953. The Labute approximate surface area is 119 Å². The van der Waals surface area contributed by atoms with Gasteiger partial charge in [-0.15, -0.1) is 0 Å². The smallest absolute Gasteiger partial charge is 0.218 e. The lowest BCUT2D eigenvalue weighted by molar-refractivity contribution is 0.191. The summed E-state index contributed by atoms with van der Waals surface area (Å²) in [5.74, 6) is 0.0813. The Balaban J connectivity index is 2.16. The van der Waals surface area contributed by atoms with Crippen molar-refractivity contribution in [3.63, 3.8) is 0 Å². The Morgan fingerprint density at radius 1 is 1.40 bits per heavy atom. The van der Waals surface area contributed by atoms with Crippen LogP contribution in [-0.2, 0) is 15.8 Å². The largest absolute Gasteiger partial charge is 0.395 e. The molecular weight excluding hydrogens is 276 g/mol. The zero-order valence-corrected chi connectivity index (χ0v) is 12.2. The SMILES string of the molecule is CC1CCN(S(=O)(=O)Cc2ccc(C#N)cc2)C1CO. The molecule has 1 aliphatic rings. The van der Waals surface area contributed by atoms with Gasteiger partial charge in [0.15, 0.2) is 0 Å². The van der Waals surface area contributed by atoms with Crippen LogP contribution in [0.1, 0.15) is 24.5 Å². The van der Waals surface area contributed by atoms with Crippen LogP contribution in [0, 0.1) is 17.2 Å². The van der Waals surface area contributed by atoms with Crippen LogP contribution in [0.5, 0.6) is 0 Å². The third kappa shape index (κ3) is 3.01. The Morgan fingerprint density at radius 2 is 2.05 bits per heavy atom. The highest BCUT2D eigenvalue weighted by Crippen LogP contribution is 2.27. The second-order valence-electron chi connectivity index (χ2n) is 5.19. The quantitative estimate of drug-likeness (QED) is 0.901. The van der Waals surface area contributed by atoms with Gasteiger partial charge in [0.25, 0.3) is 0 Å². The van der Waals surface area contributed by atoms with Crippen molar-refractivity contribution in [3.8, 4) is 6.07 Å². The molecule has 1 fully saturated rings. The van der Waals surface area contributed by atoms with E-state index < -0.39 is 10.0 Å². The van der Waals surface area contributed by atoms with E-state index in [1.807, 2.05) is 13.0 Å². The standard InChI is InChI=1S/C14H18N2O3S/c1-11-6-7-16(14(11)9-17)20(18,19)10-13-4-2-12(8-15)3-5-13/h2-5,11,14,17H,6-7,9-10H2,1H3. The average Bonchev–Trinajstić information content (AvgIpc) is 2.81. The fourth-order valence-electron chi connectivity index (χ4n) is 2.56. The summed E-state index contributed by atoms with van der Waals surface area (Å²) >= 11 is 0. The molecule has 2 atom stereocenters. The van der Waals surface area contributed by atoms with E-state index in [2.05, 4.69) is 0 Å². The molecule has 1 N–H and O–H groups in total. The van der Waals surface area contributed by atoms with E-state index in [0.29, 0.717) is 17.7 Å². The highest BCUT2D eigenvalue weighted by atomic mass is 32.2. The maximum absolute atomic E-state index is 12.4. The highest BCUT2D eigenvalue weighted by molar-refractivity contribution is 7.88. The first-order valence-corrected chi connectivity index (χ1v) is 8.18. The average molecular weight is 294 g/mol. The van der Waals surface area contributed by atoms with Crippen LogP contribution in [0.3, 0.4) is 0 Å². The molecule has 2 rings (SSSR count). The van der Waals surface area contributed by atoms with Crippen LogP contribution in [-0.4, -0.2) is 37.0 Å². The number of nitrogens with zero attached hydrogens (tertiary/aromatic N) is 2. The number of hydrogen-bond acceptors (Lipinski definition) is 4. The van der Waals surface area contributed by atoms with Crippen LogP contribution in [0.2, 0.25) is 0 Å². The molecule has 0 amide bonds. The number of nitriles is 1. The van der Waals surface area contributed by atoms with E-state index in [0.717, 1.165) is 6.42 Å². The number of aliphatic hydroxyl groups is 1. The molecule has 2 unspecified atom stereocenters. The van der Waals surface area contributed by atoms with Crippen molar-refractivity contribution in [2.24, 2.45) is 5.92 Å². The Kier molecular flexibility index (Phi) is 4.43. The lowest BCUT2D eigenvalue weighted by Crippen LogP contribution is -2.40. The molecule has 5 nitrogen and oxygen atoms in total. The van der Waals surface area contributed by atoms with E-state index >= 15 is 0 Å². The van der Waals surface area contributed by atoms with E-state index in [-0.39, 0.29) is 24.3 Å². The third-order valence-electron chi connectivity index (χ3n) is 3.81. The van der Waals surface area contributed by atoms with Crippen molar-refractivity contribution >= 4 is 10.0 Å². The Morgan fingerprint density at radius 3 is 2.60 bits per heavy atom. The second kappa shape index (κ2) is 5.92. The fourth-order valence-corrected chi connectivity index (χ4v) is 4.41. The lowest BCUT2D eigenvalue weighted by Gasteiger charge is -2.24. The number of sulfonamides is 1. The topological polar surface area (TPSA) is 81.4 Å². The summed E-state index contributed by atoms with van der Waals surface area (Å²) in [5, 5.41) is 18.1. The van der Waals surface area contributed by atoms with Crippen LogP contribution < -0.4 is 0 Å². The Hall–Kier alpha value is -1.42. The van der Waals surface area contributed by atoms with Crippen LogP contribution in [0.25, 0.3) is 0 Å². The van der Waals surface area contributed by atoms with Gasteiger partial charge < -0.3 is 5.11 Å². The predicted molar refractivity (Wildman–Crippen MR) is 75.1 cm³/mol. The van der Waals surface area contributed by atoms with Gasteiger partial charge in [-0.1, -0.05) is 19.1 Å². The van der Waals surface area contributed by atoms with Gasteiger partial charge in [0.2, 0.25) is 10.0 Å². The summed E-state index contributed by atoms with van der Waals surface area (Å²) in [6.07, 6.45) is 0.776. The number of rotatable bonds is 4. The van der Waals surface area contributed by atoms with E-state index in [9.17, 15) is 13.5 Å². The molecule has 1 aromatic rings. The molecule has 0 aromatic heterocycles. The van der Waals surface area contributed by atoms with Crippen LogP contribution >= 0.6 is 0 Å². The van der Waals surface area contributed by atoms with Gasteiger partial charge in [0, 0.05) is 6.54 Å². The maximum atomic E-state index is 12.4. The fraction of sp³-hybridized carbons (Fsp3) is 0.500. The van der Waals surface area contributed by atoms with Crippen molar-refractivity contribution in [2.45, 2.75) is 25.1 Å². The number of hydrogen-bond donors (Lipinski definition) is 1. The molecule has 108 valence electrons. The van der Waals surface area contributed by atoms with Crippen molar-refractivity contribution < 1.29 is 13.5 Å². The summed E-state index contributed by atoms with van der Waals surface area (Å²) in [4.78, 5) is 0. The van der Waals surface area contributed by atoms with Gasteiger partial charge >= 0.3 is 0 Å². The number of benzene rings is 1. The van der Waals surface area contributed by atoms with Crippen LogP contribution in [0.15, 0.2) is 24.3 Å². The molecule has 0 bridgehead atoms. The summed E-state index contributed by atoms with van der Waals surface area (Å²) < 4.78 is 26.3. The first kappa shape index (κ1) is 15.0. The molecule has 0 saturated carbocycles. The van der Waals surface area contributed by atoms with Gasteiger partial charge in [-0.2, -0.15) is 9.57 Å². The maximum Gasteiger partial charge on any atom is 0.218 e. The highest BCUT2D eigenvalue weighted by Gasteiger charge is 2.38. The normalized spacial score (nSPS) is 23.6. The number of aliphatic hydroxyl groups excluding tert-OH is 1. The second-order valence-corrected chi connectivity index (χ2v) is 7.11. The minimum atomic E-state index is -3.44. The molecular formula is C14H18N2O3S. The third-order valence-corrected chi connectivity index (χ3v) is 5.67. The van der Waals surface area contributed by atoms with Crippen molar-refractivity contribution in [2.75, 3.05) is 13.2 Å². The van der Waals surface area contributed by atoms with Crippen molar-refractivity contribution in [3.05, 3.63) is 35.4 Å². The van der Waals surface area contributed by atoms with Gasteiger partial charge in [-0.25, -0.2) is 8.42 Å². The van der Waals surface area contributed by atoms with E-state index in [1.165, 1.54) is 4.31 Å². The van der Waals surface area contributed by atoms with Gasteiger partial charge in [0.05, 0.1) is 30.0 Å². The predicted octanol–water partition coefficient (Wildman–Crippen LogP) is 1.09. The molecule has 0 spiro atoms. The van der Waals surface area contributed by atoms with Gasteiger partial charge in [-0.05, 0) is 30.0 Å². The van der Waals surface area contributed by atoms with Gasteiger partial charge in [-0.3, -0.25) is 0 Å². The zero-order valence-electron chi connectivity index (χ0n) is 11.4. The lowest BCUT2D eigenvalue weighted by atomic mass is 10.0. The molecule has 1 heterocycles. The first-order valence-electron chi connectivity index (χ1n) is 6.57. The molecule has 0 radical (unpaired) electrons. The molecule has 1 saturated heterocycles.